The van der Waals surface area contributed by atoms with Crippen LogP contribution in [0.5, 0.6) is 0 Å². The lowest BCUT2D eigenvalue weighted by Crippen LogP contribution is -2.46. The maximum absolute atomic E-state index is 12.7. The van der Waals surface area contributed by atoms with Crippen molar-refractivity contribution in [2.75, 3.05) is 43.5 Å². The quantitative estimate of drug-likeness (QED) is 0.0371. The van der Waals surface area contributed by atoms with E-state index in [4.69, 9.17) is 19.5 Å². The number of nitrogen functional groups attached to an aromatic ring is 1. The van der Waals surface area contributed by atoms with Crippen LogP contribution in [0.2, 0.25) is 0 Å². The molecule has 27 heteroatoms. The van der Waals surface area contributed by atoms with Crippen LogP contribution in [0.4, 0.5) is 5.82 Å². The number of imidazole rings is 1. The first-order valence-electron chi connectivity index (χ1n) is 20.6. The molecule has 23 nitrogen and oxygen atoms in total. The first kappa shape index (κ1) is 54.2. The average molecular weight is 964 g/mol. The summed E-state index contributed by atoms with van der Waals surface area (Å²) in [4.78, 5) is 76.0. The van der Waals surface area contributed by atoms with Crippen LogP contribution in [0.3, 0.4) is 0 Å². The molecule has 0 aliphatic carbocycles. The Bertz CT molecular complexity index is 1840. The third-order valence-electron chi connectivity index (χ3n) is 9.79. The van der Waals surface area contributed by atoms with Crippen LogP contribution < -0.4 is 16.4 Å². The van der Waals surface area contributed by atoms with Gasteiger partial charge in [-0.25, -0.2) is 28.6 Å². The van der Waals surface area contributed by atoms with Gasteiger partial charge >= 0.3 is 23.5 Å². The van der Waals surface area contributed by atoms with Crippen molar-refractivity contribution in [1.29, 1.82) is 0 Å². The third kappa shape index (κ3) is 19.2. The molecule has 62 heavy (non-hydrogen) atoms. The minimum Gasteiger partial charge on any atom is -0.386 e. The van der Waals surface area contributed by atoms with Crippen molar-refractivity contribution in [1.82, 2.24) is 30.2 Å². The zero-order valence-corrected chi connectivity index (χ0v) is 38.9. The van der Waals surface area contributed by atoms with E-state index in [0.717, 1.165) is 35.1 Å². The second kappa shape index (κ2) is 26.1. The zero-order chi connectivity index (χ0) is 46.0. The van der Waals surface area contributed by atoms with E-state index in [0.29, 0.717) is 6.54 Å². The Morgan fingerprint density at radius 3 is 2.15 bits per heavy atom. The van der Waals surface area contributed by atoms with Crippen molar-refractivity contribution in [3.63, 3.8) is 0 Å². The molecule has 1 fully saturated rings. The fraction of sp³-hybridized carbons (Fsp3) is 0.800. The predicted molar refractivity (Wildman–Crippen MR) is 228 cm³/mol. The molecule has 356 valence electrons. The SMILES string of the molecule is CCCCCCCCCCCCCCSCCNC(=O)CCNC(=O)[C@H](O)C(C)(C)COP(=O)(O)OP(=O)(O)OC[C@H]1O[C@@H](n2cnc3c(N)ncnc32)C(O)[C@H]1OP(=O)(O)O. The lowest BCUT2D eigenvalue weighted by molar-refractivity contribution is -0.137. The van der Waals surface area contributed by atoms with Gasteiger partial charge in [-0.2, -0.15) is 16.1 Å². The molecule has 0 bridgehead atoms. The van der Waals surface area contributed by atoms with Gasteiger partial charge in [0.2, 0.25) is 11.8 Å². The van der Waals surface area contributed by atoms with E-state index >= 15 is 0 Å². The first-order valence-corrected chi connectivity index (χ1v) is 26.3. The number of aliphatic hydroxyl groups is 2. The van der Waals surface area contributed by atoms with E-state index in [2.05, 4.69) is 41.3 Å². The number of anilines is 1. The molecule has 7 atom stereocenters. The minimum atomic E-state index is -5.55. The maximum atomic E-state index is 12.7. The highest BCUT2D eigenvalue weighted by Crippen LogP contribution is 2.61. The molecular formula is C35H64N7O16P3S. The number of amides is 2. The Labute approximate surface area is 365 Å². The third-order valence-corrected chi connectivity index (χ3v) is 14.0. The monoisotopic (exact) mass is 963 g/mol. The number of aromatic nitrogens is 4. The number of thioether (sulfide) groups is 1. The molecule has 2 aromatic heterocycles. The summed E-state index contributed by atoms with van der Waals surface area (Å²) in [5, 5.41) is 26.7. The van der Waals surface area contributed by atoms with Gasteiger partial charge in [-0.3, -0.25) is 27.7 Å². The molecule has 2 amide bonds. The fourth-order valence-corrected chi connectivity index (χ4v) is 10.0. The van der Waals surface area contributed by atoms with Crippen LogP contribution in [0.15, 0.2) is 12.7 Å². The molecule has 0 radical (unpaired) electrons. The Kier molecular flexibility index (Phi) is 22.9. The van der Waals surface area contributed by atoms with E-state index in [1.54, 1.807) is 11.8 Å². The lowest BCUT2D eigenvalue weighted by Gasteiger charge is -2.30. The summed E-state index contributed by atoms with van der Waals surface area (Å²) in [6.45, 7) is 3.21. The fourth-order valence-electron chi connectivity index (χ4n) is 6.35. The number of ether oxygens (including phenoxy) is 1. The number of carbonyl (C=O) groups is 2. The summed E-state index contributed by atoms with van der Waals surface area (Å²) >= 11 is 1.77. The van der Waals surface area contributed by atoms with Crippen LogP contribution in [0, 0.1) is 5.41 Å². The standard InChI is InChI=1S/C35H64N7O16P3S/c1-4-5-6-7-8-9-10-11-12-13-14-15-19-62-20-18-37-26(43)16-17-38-33(46)30(45)35(2,3)22-55-61(52,53)58-60(50,51)54-21-25-29(57-59(47,48)49)28(44)34(56-25)42-24-41-27-31(36)39-23-40-32(27)42/h23-25,28-30,34,44-45H,4-22H2,1-3H3,(H,37,43)(H,38,46)(H,50,51)(H,52,53)(H2,36,39,40)(H2,47,48,49)/t25-,28?,29+,30+,34-/m1/s1. The molecule has 0 saturated carbocycles. The van der Waals surface area contributed by atoms with E-state index in [1.807, 2.05) is 0 Å². The number of nitrogens with one attached hydrogen (secondary N) is 2. The van der Waals surface area contributed by atoms with Crippen molar-refractivity contribution in [2.45, 2.75) is 135 Å². The Morgan fingerprint density at radius 1 is 0.903 bits per heavy atom. The van der Waals surface area contributed by atoms with Gasteiger partial charge in [-0.05, 0) is 12.2 Å². The molecule has 0 spiro atoms. The molecule has 10 N–H and O–H groups in total. The topological polar surface area (TPSA) is 347 Å². The van der Waals surface area contributed by atoms with Gasteiger partial charge in [-0.15, -0.1) is 0 Å². The summed E-state index contributed by atoms with van der Waals surface area (Å²) in [6, 6.07) is 0. The van der Waals surface area contributed by atoms with Gasteiger partial charge < -0.3 is 50.9 Å². The van der Waals surface area contributed by atoms with Gasteiger partial charge in [0.15, 0.2) is 17.7 Å². The van der Waals surface area contributed by atoms with E-state index < -0.39 is 78.6 Å². The molecule has 2 aromatic rings. The summed E-state index contributed by atoms with van der Waals surface area (Å²) in [7, 11) is -16.3. The summed E-state index contributed by atoms with van der Waals surface area (Å²) < 4.78 is 62.4. The van der Waals surface area contributed by atoms with E-state index in [-0.39, 0.29) is 35.9 Å². The van der Waals surface area contributed by atoms with Crippen LogP contribution in [-0.2, 0) is 45.9 Å². The summed E-state index contributed by atoms with van der Waals surface area (Å²) in [5.41, 5.74) is 4.34. The van der Waals surface area contributed by atoms with Crippen molar-refractivity contribution < 1.29 is 75.7 Å². The number of phosphoric acid groups is 3. The summed E-state index contributed by atoms with van der Waals surface area (Å²) in [6.07, 6.45) is 8.83. The van der Waals surface area contributed by atoms with Crippen LogP contribution in [0.1, 0.15) is 110 Å². The predicted octanol–water partition coefficient (Wildman–Crippen LogP) is 3.84. The van der Waals surface area contributed by atoms with Crippen molar-refractivity contribution >= 4 is 64.0 Å². The number of fused-ring (bicyclic) bond motifs is 1. The number of unbranched alkanes of at least 4 members (excludes halogenated alkanes) is 11. The molecule has 3 unspecified atom stereocenters. The van der Waals surface area contributed by atoms with Gasteiger partial charge in [0.05, 0.1) is 19.5 Å². The average Bonchev–Trinajstić information content (AvgIpc) is 3.75. The highest BCUT2D eigenvalue weighted by atomic mass is 32.2. The minimum absolute atomic E-state index is 0.0321. The Morgan fingerprint density at radius 2 is 1.52 bits per heavy atom. The smallest absolute Gasteiger partial charge is 0.386 e. The highest BCUT2D eigenvalue weighted by Gasteiger charge is 2.50. The first-order chi connectivity index (χ1) is 29.2. The number of rotatable bonds is 32. The molecule has 3 heterocycles. The second-order valence-electron chi connectivity index (χ2n) is 15.6. The number of carbonyl (C=O) groups excluding carboxylic acids is 2. The molecule has 3 rings (SSSR count). The molecular weight excluding hydrogens is 899 g/mol. The number of hydrogen-bond acceptors (Lipinski definition) is 17. The van der Waals surface area contributed by atoms with Gasteiger partial charge in [0.1, 0.15) is 36.3 Å². The van der Waals surface area contributed by atoms with Crippen LogP contribution in [0.25, 0.3) is 11.2 Å². The van der Waals surface area contributed by atoms with Gasteiger partial charge in [-0.1, -0.05) is 91.4 Å². The van der Waals surface area contributed by atoms with Crippen LogP contribution in [-0.4, -0.2) is 123 Å². The molecule has 1 aliphatic rings. The maximum Gasteiger partial charge on any atom is 0.481 e. The number of nitrogens with zero attached hydrogens (tertiary/aromatic N) is 4. The number of nitrogens with two attached hydrogens (primary N) is 1. The van der Waals surface area contributed by atoms with Crippen molar-refractivity contribution in [2.24, 2.45) is 5.41 Å². The molecule has 0 aromatic carbocycles. The normalized spacial score (nSPS) is 20.8. The van der Waals surface area contributed by atoms with E-state index in [1.165, 1.54) is 84.5 Å². The van der Waals surface area contributed by atoms with E-state index in [9.17, 15) is 53.1 Å². The molecule has 1 aliphatic heterocycles. The largest absolute Gasteiger partial charge is 0.481 e. The van der Waals surface area contributed by atoms with Gasteiger partial charge in [0, 0.05) is 30.7 Å². The molecule has 1 saturated heterocycles. The summed E-state index contributed by atoms with van der Waals surface area (Å²) in [5.74, 6) is 0.531. The number of hydrogen-bond donors (Lipinski definition) is 9. The number of phosphoric ester groups is 3. The highest BCUT2D eigenvalue weighted by molar-refractivity contribution is 7.99. The second-order valence-corrected chi connectivity index (χ2v) is 21.0. The van der Waals surface area contributed by atoms with Crippen LogP contribution >= 0.6 is 35.2 Å². The van der Waals surface area contributed by atoms with Crippen molar-refractivity contribution in [3.05, 3.63) is 12.7 Å². The van der Waals surface area contributed by atoms with Crippen molar-refractivity contribution in [3.8, 4) is 0 Å². The lowest BCUT2D eigenvalue weighted by atomic mass is 9.87. The Hall–Kier alpha value is -2.11. The Balaban J connectivity index is 1.34. The number of aliphatic hydroxyl groups excluding tert-OH is 2. The zero-order valence-electron chi connectivity index (χ0n) is 35.4. The van der Waals surface area contributed by atoms with Gasteiger partial charge in [0.25, 0.3) is 0 Å².